The molecular weight excluding hydrogens is 310 g/mol. The maximum absolute atomic E-state index is 9.10. The van der Waals surface area contributed by atoms with Gasteiger partial charge >= 0.3 is 0 Å². The summed E-state index contributed by atoms with van der Waals surface area (Å²) in [5, 5.41) is 20.8. The van der Waals surface area contributed by atoms with Crippen LogP contribution in [-0.2, 0) is 19.5 Å². The van der Waals surface area contributed by atoms with Crippen LogP contribution < -0.4 is 10.6 Å². The molecule has 0 aliphatic carbocycles. The number of hydrogen-bond acceptors (Lipinski definition) is 4. The molecule has 124 valence electrons. The average Bonchev–Trinajstić information content (AvgIpc) is 3.00. The van der Waals surface area contributed by atoms with Crippen molar-refractivity contribution in [3.63, 3.8) is 0 Å². The van der Waals surface area contributed by atoms with E-state index in [0.29, 0.717) is 12.1 Å². The topological polar surface area (TPSA) is 65.7 Å². The van der Waals surface area contributed by atoms with Gasteiger partial charge in [0, 0.05) is 36.5 Å². The van der Waals surface area contributed by atoms with Crippen molar-refractivity contribution >= 4 is 11.5 Å². The molecule has 1 aliphatic rings. The molecule has 2 aromatic carbocycles. The van der Waals surface area contributed by atoms with Crippen molar-refractivity contribution in [1.29, 1.82) is 5.26 Å². The van der Waals surface area contributed by atoms with Crippen molar-refractivity contribution in [3.8, 4) is 6.07 Å². The second kappa shape index (κ2) is 6.80. The van der Waals surface area contributed by atoms with Crippen molar-refractivity contribution in [1.82, 2.24) is 15.1 Å². The van der Waals surface area contributed by atoms with Gasteiger partial charge in [0.15, 0.2) is 5.82 Å². The molecule has 2 N–H and O–H groups in total. The molecule has 0 radical (unpaired) electrons. The lowest BCUT2D eigenvalue weighted by Gasteiger charge is -2.16. The van der Waals surface area contributed by atoms with Gasteiger partial charge in [-0.2, -0.15) is 10.4 Å². The highest BCUT2D eigenvalue weighted by atomic mass is 15.3. The Kier molecular flexibility index (Phi) is 4.19. The summed E-state index contributed by atoms with van der Waals surface area (Å²) < 4.78 is 2.07. The zero-order valence-electron chi connectivity index (χ0n) is 13.9. The first-order chi connectivity index (χ1) is 12.3. The first-order valence-electron chi connectivity index (χ1n) is 8.44. The molecular formula is C20H19N5. The number of aromatic nitrogens is 2. The molecule has 0 bridgehead atoms. The van der Waals surface area contributed by atoms with E-state index in [1.54, 1.807) is 0 Å². The smallest absolute Gasteiger partial charge is 0.157 e. The standard InChI is InChI=1S/C20H19N5/c21-12-15-5-4-6-16(11-15)14-25-19-9-10-22-13-18(19)20(24-25)23-17-7-2-1-3-8-17/h1-8,11,22H,9-10,13-14H2,(H,23,24). The molecule has 0 atom stereocenters. The summed E-state index contributed by atoms with van der Waals surface area (Å²) >= 11 is 0. The minimum absolute atomic E-state index is 0.675. The molecule has 5 nitrogen and oxygen atoms in total. The van der Waals surface area contributed by atoms with E-state index in [0.717, 1.165) is 36.6 Å². The van der Waals surface area contributed by atoms with E-state index in [-0.39, 0.29) is 0 Å². The van der Waals surface area contributed by atoms with Gasteiger partial charge < -0.3 is 10.6 Å². The number of nitrogens with one attached hydrogen (secondary N) is 2. The van der Waals surface area contributed by atoms with Crippen LogP contribution in [0.25, 0.3) is 0 Å². The lowest BCUT2D eigenvalue weighted by Crippen LogP contribution is -2.25. The van der Waals surface area contributed by atoms with Crippen molar-refractivity contribution in [2.75, 3.05) is 11.9 Å². The summed E-state index contributed by atoms with van der Waals surface area (Å²) in [4.78, 5) is 0. The largest absolute Gasteiger partial charge is 0.338 e. The molecule has 0 saturated heterocycles. The van der Waals surface area contributed by atoms with E-state index in [1.165, 1.54) is 11.3 Å². The Hall–Kier alpha value is -3.10. The van der Waals surface area contributed by atoms with Gasteiger partial charge in [0.25, 0.3) is 0 Å². The molecule has 0 amide bonds. The number of fused-ring (bicyclic) bond motifs is 1. The van der Waals surface area contributed by atoms with Crippen LogP contribution in [0, 0.1) is 11.3 Å². The lowest BCUT2D eigenvalue weighted by atomic mass is 10.1. The predicted molar refractivity (Wildman–Crippen MR) is 97.6 cm³/mol. The number of rotatable bonds is 4. The fraction of sp³-hybridized carbons (Fsp3) is 0.200. The summed E-state index contributed by atoms with van der Waals surface area (Å²) in [5.41, 5.74) is 5.30. The minimum atomic E-state index is 0.675. The Morgan fingerprint density at radius 1 is 1.16 bits per heavy atom. The first kappa shape index (κ1) is 15.4. The van der Waals surface area contributed by atoms with Crippen LogP contribution in [0.4, 0.5) is 11.5 Å². The third kappa shape index (κ3) is 3.25. The van der Waals surface area contributed by atoms with Crippen molar-refractivity contribution in [2.24, 2.45) is 0 Å². The van der Waals surface area contributed by atoms with Gasteiger partial charge in [0.05, 0.1) is 18.2 Å². The van der Waals surface area contributed by atoms with Crippen molar-refractivity contribution in [2.45, 2.75) is 19.5 Å². The van der Waals surface area contributed by atoms with E-state index in [2.05, 4.69) is 21.4 Å². The number of para-hydroxylation sites is 1. The van der Waals surface area contributed by atoms with Crippen molar-refractivity contribution < 1.29 is 0 Å². The molecule has 0 saturated carbocycles. The summed E-state index contributed by atoms with van der Waals surface area (Å²) in [5.74, 6) is 0.907. The number of benzene rings is 2. The third-order valence-corrected chi connectivity index (χ3v) is 4.43. The van der Waals surface area contributed by atoms with Gasteiger partial charge in [-0.25, -0.2) is 0 Å². The number of nitriles is 1. The van der Waals surface area contributed by atoms with Gasteiger partial charge in [-0.05, 0) is 29.8 Å². The molecule has 2 heterocycles. The molecule has 0 spiro atoms. The second-order valence-electron chi connectivity index (χ2n) is 6.16. The van der Waals surface area contributed by atoms with Crippen LogP contribution in [0.1, 0.15) is 22.4 Å². The highest BCUT2D eigenvalue weighted by molar-refractivity contribution is 5.60. The zero-order valence-corrected chi connectivity index (χ0v) is 13.9. The summed E-state index contributed by atoms with van der Waals surface area (Å²) in [6.07, 6.45) is 0.955. The number of anilines is 2. The molecule has 3 aromatic rings. The maximum Gasteiger partial charge on any atom is 0.157 e. The van der Waals surface area contributed by atoms with E-state index in [1.807, 2.05) is 54.6 Å². The van der Waals surface area contributed by atoms with Gasteiger partial charge in [0.2, 0.25) is 0 Å². The third-order valence-electron chi connectivity index (χ3n) is 4.43. The zero-order chi connectivity index (χ0) is 17.1. The van der Waals surface area contributed by atoms with Crippen LogP contribution in [0.3, 0.4) is 0 Å². The highest BCUT2D eigenvalue weighted by Gasteiger charge is 2.20. The quantitative estimate of drug-likeness (QED) is 0.771. The first-order valence-corrected chi connectivity index (χ1v) is 8.44. The molecule has 0 unspecified atom stereocenters. The van der Waals surface area contributed by atoms with E-state index in [9.17, 15) is 0 Å². The van der Waals surface area contributed by atoms with Crippen LogP contribution in [-0.4, -0.2) is 16.3 Å². The molecule has 1 aromatic heterocycles. The number of nitrogens with zero attached hydrogens (tertiary/aromatic N) is 3. The van der Waals surface area contributed by atoms with Gasteiger partial charge in [-0.3, -0.25) is 4.68 Å². The Balaban J connectivity index is 1.67. The summed E-state index contributed by atoms with van der Waals surface area (Å²) in [6.45, 7) is 2.46. The fourth-order valence-corrected chi connectivity index (χ4v) is 3.22. The Bertz CT molecular complexity index is 921. The molecule has 1 aliphatic heterocycles. The van der Waals surface area contributed by atoms with Gasteiger partial charge in [-0.15, -0.1) is 0 Å². The summed E-state index contributed by atoms with van der Waals surface area (Å²) in [7, 11) is 0. The van der Waals surface area contributed by atoms with Gasteiger partial charge in [0.1, 0.15) is 0 Å². The number of hydrogen-bond donors (Lipinski definition) is 2. The SMILES string of the molecule is N#Cc1cccc(Cn2nc(Nc3ccccc3)c3c2CCNC3)c1. The molecule has 4 rings (SSSR count). The lowest BCUT2D eigenvalue weighted by molar-refractivity contribution is 0.582. The average molecular weight is 329 g/mol. The second-order valence-corrected chi connectivity index (χ2v) is 6.16. The minimum Gasteiger partial charge on any atom is -0.338 e. The van der Waals surface area contributed by atoms with Crippen LogP contribution in [0.2, 0.25) is 0 Å². The Labute approximate surface area is 146 Å². The molecule has 5 heteroatoms. The highest BCUT2D eigenvalue weighted by Crippen LogP contribution is 2.26. The maximum atomic E-state index is 9.10. The Morgan fingerprint density at radius 2 is 2.04 bits per heavy atom. The van der Waals surface area contributed by atoms with E-state index in [4.69, 9.17) is 10.4 Å². The van der Waals surface area contributed by atoms with Crippen molar-refractivity contribution in [3.05, 3.63) is 77.0 Å². The summed E-state index contributed by atoms with van der Waals surface area (Å²) in [6, 6.07) is 20.0. The molecule has 25 heavy (non-hydrogen) atoms. The van der Waals surface area contributed by atoms with E-state index >= 15 is 0 Å². The molecule has 0 fully saturated rings. The Morgan fingerprint density at radius 3 is 2.88 bits per heavy atom. The monoisotopic (exact) mass is 329 g/mol. The van der Waals surface area contributed by atoms with Crippen LogP contribution in [0.15, 0.2) is 54.6 Å². The fourth-order valence-electron chi connectivity index (χ4n) is 3.22. The van der Waals surface area contributed by atoms with Crippen LogP contribution >= 0.6 is 0 Å². The predicted octanol–water partition coefficient (Wildman–Crippen LogP) is 3.19. The van der Waals surface area contributed by atoms with Crippen LogP contribution in [0.5, 0.6) is 0 Å². The normalized spacial score (nSPS) is 13.1. The van der Waals surface area contributed by atoms with Gasteiger partial charge in [-0.1, -0.05) is 30.3 Å². The van der Waals surface area contributed by atoms with E-state index < -0.39 is 0 Å².